The van der Waals surface area contributed by atoms with E-state index in [4.69, 9.17) is 5.11 Å². The van der Waals surface area contributed by atoms with E-state index >= 15 is 0 Å². The first-order valence-corrected chi connectivity index (χ1v) is 6.83. The van der Waals surface area contributed by atoms with Crippen LogP contribution in [-0.2, 0) is 19.4 Å². The van der Waals surface area contributed by atoms with E-state index in [0.717, 1.165) is 40.2 Å². The predicted molar refractivity (Wildman–Crippen MR) is 73.7 cm³/mol. The maximum Gasteiger partial charge on any atom is 0.151 e. The lowest BCUT2D eigenvalue weighted by Gasteiger charge is -2.08. The first-order valence-electron chi connectivity index (χ1n) is 6.04. The molecule has 0 unspecified atom stereocenters. The fourth-order valence-electron chi connectivity index (χ4n) is 1.78. The summed E-state index contributed by atoms with van der Waals surface area (Å²) in [5.74, 6) is 1.80. The van der Waals surface area contributed by atoms with Gasteiger partial charge in [0.15, 0.2) is 5.82 Å². The van der Waals surface area contributed by atoms with Crippen LogP contribution in [0.1, 0.15) is 31.1 Å². The molecule has 1 N–H and O–H groups in total. The van der Waals surface area contributed by atoms with Crippen LogP contribution in [0.2, 0.25) is 0 Å². The van der Waals surface area contributed by atoms with Crippen molar-refractivity contribution in [2.75, 3.05) is 0 Å². The van der Waals surface area contributed by atoms with Gasteiger partial charge in [0.05, 0.1) is 12.3 Å². The van der Waals surface area contributed by atoms with E-state index in [1.165, 1.54) is 0 Å². The summed E-state index contributed by atoms with van der Waals surface area (Å²) >= 11 is 3.52. The van der Waals surface area contributed by atoms with Crippen molar-refractivity contribution in [2.24, 2.45) is 0 Å². The molecule has 1 aromatic heterocycles. The lowest BCUT2D eigenvalue weighted by Crippen LogP contribution is -2.03. The van der Waals surface area contributed by atoms with Crippen molar-refractivity contribution in [3.05, 3.63) is 39.9 Å². The Morgan fingerprint density at radius 1 is 1.28 bits per heavy atom. The standard InChI is InChI=1S/C13H16BrN3O/c1-3-12-15-13(4-2)17(16-12)11-6-5-9(8-18)7-10(11)14/h5-7,18H,3-4,8H2,1-2H3. The van der Waals surface area contributed by atoms with Crippen LogP contribution in [-0.4, -0.2) is 19.9 Å². The molecule has 2 aromatic rings. The average molecular weight is 310 g/mol. The summed E-state index contributed by atoms with van der Waals surface area (Å²) in [5.41, 5.74) is 1.83. The zero-order valence-corrected chi connectivity index (χ0v) is 12.1. The molecule has 0 saturated carbocycles. The van der Waals surface area contributed by atoms with Crippen molar-refractivity contribution in [3.63, 3.8) is 0 Å². The van der Waals surface area contributed by atoms with Gasteiger partial charge < -0.3 is 5.11 Å². The van der Waals surface area contributed by atoms with E-state index in [1.54, 1.807) is 0 Å². The van der Waals surface area contributed by atoms with E-state index in [1.807, 2.05) is 29.8 Å². The van der Waals surface area contributed by atoms with Gasteiger partial charge >= 0.3 is 0 Å². The molecule has 1 aromatic carbocycles. The normalized spacial score (nSPS) is 10.9. The maximum atomic E-state index is 9.11. The van der Waals surface area contributed by atoms with Gasteiger partial charge in [-0.1, -0.05) is 19.9 Å². The van der Waals surface area contributed by atoms with Crippen molar-refractivity contribution in [2.45, 2.75) is 33.3 Å². The van der Waals surface area contributed by atoms with Crippen molar-refractivity contribution in [1.29, 1.82) is 0 Å². The second kappa shape index (κ2) is 5.63. The van der Waals surface area contributed by atoms with Gasteiger partial charge in [0.1, 0.15) is 5.82 Å². The molecule has 0 radical (unpaired) electrons. The van der Waals surface area contributed by atoms with Crippen molar-refractivity contribution in [3.8, 4) is 5.69 Å². The van der Waals surface area contributed by atoms with Crippen LogP contribution >= 0.6 is 15.9 Å². The molecular formula is C13H16BrN3O. The van der Waals surface area contributed by atoms with Gasteiger partial charge in [-0.3, -0.25) is 0 Å². The molecule has 4 nitrogen and oxygen atoms in total. The van der Waals surface area contributed by atoms with Crippen LogP contribution in [0.5, 0.6) is 0 Å². The van der Waals surface area contributed by atoms with Crippen LogP contribution in [0.25, 0.3) is 5.69 Å². The summed E-state index contributed by atoms with van der Waals surface area (Å²) in [5, 5.41) is 13.6. The van der Waals surface area contributed by atoms with Gasteiger partial charge in [0, 0.05) is 17.3 Å². The van der Waals surface area contributed by atoms with Crippen LogP contribution in [0.3, 0.4) is 0 Å². The first kappa shape index (κ1) is 13.2. The van der Waals surface area contributed by atoms with Crippen LogP contribution in [0.15, 0.2) is 22.7 Å². The third-order valence-electron chi connectivity index (χ3n) is 2.77. The van der Waals surface area contributed by atoms with Gasteiger partial charge in [-0.15, -0.1) is 0 Å². The number of benzene rings is 1. The van der Waals surface area contributed by atoms with Gasteiger partial charge in [0.25, 0.3) is 0 Å². The van der Waals surface area contributed by atoms with E-state index in [0.29, 0.717) is 0 Å². The Morgan fingerprint density at radius 2 is 2.06 bits per heavy atom. The average Bonchev–Trinajstić information content (AvgIpc) is 2.81. The van der Waals surface area contributed by atoms with Crippen LogP contribution in [0.4, 0.5) is 0 Å². The van der Waals surface area contributed by atoms with Crippen molar-refractivity contribution in [1.82, 2.24) is 14.8 Å². The summed E-state index contributed by atoms with van der Waals surface area (Å²) in [7, 11) is 0. The zero-order chi connectivity index (χ0) is 13.1. The highest BCUT2D eigenvalue weighted by Gasteiger charge is 2.11. The summed E-state index contributed by atoms with van der Waals surface area (Å²) in [6.07, 6.45) is 1.66. The molecule has 18 heavy (non-hydrogen) atoms. The first-order chi connectivity index (χ1) is 8.69. The molecule has 0 aliphatic carbocycles. The minimum absolute atomic E-state index is 0.0388. The number of aliphatic hydroxyl groups is 1. The molecule has 5 heteroatoms. The zero-order valence-electron chi connectivity index (χ0n) is 10.5. The Morgan fingerprint density at radius 3 is 2.61 bits per heavy atom. The fourth-order valence-corrected chi connectivity index (χ4v) is 2.38. The Bertz CT molecular complexity index is 551. The number of nitrogens with zero attached hydrogens (tertiary/aromatic N) is 3. The Hall–Kier alpha value is -1.20. The molecule has 96 valence electrons. The number of halogens is 1. The monoisotopic (exact) mass is 309 g/mol. The van der Waals surface area contributed by atoms with Crippen molar-refractivity contribution >= 4 is 15.9 Å². The highest BCUT2D eigenvalue weighted by Crippen LogP contribution is 2.23. The molecule has 2 rings (SSSR count). The van der Waals surface area contributed by atoms with E-state index in [-0.39, 0.29) is 6.61 Å². The summed E-state index contributed by atoms with van der Waals surface area (Å²) in [4.78, 5) is 4.49. The van der Waals surface area contributed by atoms with Gasteiger partial charge in [-0.25, -0.2) is 9.67 Å². The minimum atomic E-state index is 0.0388. The topological polar surface area (TPSA) is 50.9 Å². The number of hydrogen-bond donors (Lipinski definition) is 1. The number of aromatic nitrogens is 3. The molecule has 0 aliphatic rings. The molecule has 0 amide bonds. The molecule has 0 aliphatic heterocycles. The third-order valence-corrected chi connectivity index (χ3v) is 3.41. The highest BCUT2D eigenvalue weighted by molar-refractivity contribution is 9.10. The molecule has 1 heterocycles. The van der Waals surface area contributed by atoms with Gasteiger partial charge in [-0.05, 0) is 33.6 Å². The fraction of sp³-hybridized carbons (Fsp3) is 0.385. The summed E-state index contributed by atoms with van der Waals surface area (Å²) < 4.78 is 2.78. The van der Waals surface area contributed by atoms with Crippen molar-refractivity contribution < 1.29 is 5.11 Å². The SMILES string of the molecule is CCc1nc(CC)n(-c2ccc(CO)cc2Br)n1. The third kappa shape index (κ3) is 2.47. The predicted octanol–water partition coefficient (Wildman–Crippen LogP) is 2.65. The number of rotatable bonds is 4. The lowest BCUT2D eigenvalue weighted by atomic mass is 10.2. The number of aryl methyl sites for hydroxylation is 2. The second-order valence-corrected chi connectivity index (χ2v) is 4.86. The quantitative estimate of drug-likeness (QED) is 0.944. The lowest BCUT2D eigenvalue weighted by molar-refractivity contribution is 0.282. The van der Waals surface area contributed by atoms with E-state index < -0.39 is 0 Å². The molecule has 0 spiro atoms. The molecule has 0 bridgehead atoms. The number of aliphatic hydroxyl groups excluding tert-OH is 1. The largest absolute Gasteiger partial charge is 0.392 e. The second-order valence-electron chi connectivity index (χ2n) is 4.01. The molecule has 0 saturated heterocycles. The Balaban J connectivity index is 2.50. The number of hydrogen-bond acceptors (Lipinski definition) is 3. The maximum absolute atomic E-state index is 9.11. The smallest absolute Gasteiger partial charge is 0.151 e. The van der Waals surface area contributed by atoms with E-state index in [2.05, 4.69) is 32.9 Å². The Kier molecular flexibility index (Phi) is 4.14. The summed E-state index contributed by atoms with van der Waals surface area (Å²) in [6, 6.07) is 5.75. The molecule has 0 fully saturated rings. The molecular weight excluding hydrogens is 294 g/mol. The van der Waals surface area contributed by atoms with Crippen LogP contribution in [0, 0.1) is 0 Å². The molecule has 0 atom stereocenters. The van der Waals surface area contributed by atoms with Gasteiger partial charge in [-0.2, -0.15) is 5.10 Å². The Labute approximate surface area is 115 Å². The summed E-state index contributed by atoms with van der Waals surface area (Å²) in [6.45, 7) is 4.15. The minimum Gasteiger partial charge on any atom is -0.392 e. The van der Waals surface area contributed by atoms with Crippen LogP contribution < -0.4 is 0 Å². The van der Waals surface area contributed by atoms with Gasteiger partial charge in [0.2, 0.25) is 0 Å². The van der Waals surface area contributed by atoms with E-state index in [9.17, 15) is 0 Å². The highest BCUT2D eigenvalue weighted by atomic mass is 79.9.